The zero-order chi connectivity index (χ0) is 55.9. The molecule has 0 atom stereocenters. The summed E-state index contributed by atoms with van der Waals surface area (Å²) < 4.78 is 341. The number of hydrogen-bond donors (Lipinski definition) is 0. The van der Waals surface area contributed by atoms with Gasteiger partial charge in [-0.3, -0.25) is 4.79 Å². The maximum atomic E-state index is 14.2. The first-order valence-electron chi connectivity index (χ1n) is 20.7. The Bertz CT molecular complexity index is 2290. The van der Waals surface area contributed by atoms with Crippen molar-refractivity contribution >= 4 is 41.0 Å². The van der Waals surface area contributed by atoms with Crippen molar-refractivity contribution in [1.29, 1.82) is 0 Å². The van der Waals surface area contributed by atoms with Crippen LogP contribution in [0.5, 0.6) is 0 Å². The van der Waals surface area contributed by atoms with Crippen molar-refractivity contribution in [2.24, 2.45) is 0 Å². The molecule has 400 valence electrons. The van der Waals surface area contributed by atoms with Crippen molar-refractivity contribution in [1.82, 2.24) is 0 Å². The molecule has 0 N–H and O–H groups in total. The normalized spacial score (nSPS) is 13.7. The lowest BCUT2D eigenvalue weighted by Gasteiger charge is -2.46. The van der Waals surface area contributed by atoms with Crippen LogP contribution in [0.4, 0.5) is 105 Å². The van der Waals surface area contributed by atoms with Crippen molar-refractivity contribution < 1.29 is 110 Å². The Morgan fingerprint density at radius 3 is 0.699 bits per heavy atom. The minimum atomic E-state index is -6.13. The fraction of sp³-hybridized carbons (Fsp3) is 0.326. The summed E-state index contributed by atoms with van der Waals surface area (Å²) in [6, 6.07) is 0.887. The number of halogens is 24. The Morgan fingerprint density at radius 1 is 0.342 bits per heavy atom. The average molecular weight is 1100 g/mol. The Balaban J connectivity index is 0.000000613. The van der Waals surface area contributed by atoms with E-state index in [2.05, 4.69) is 20.8 Å². The number of Topliss-reactive ketones (excluding diaryl/α,β-unsaturated/α-hetero) is 1. The topological polar surface area (TPSA) is 17.1 Å². The molecular formula is C46H34BF24OP. The predicted octanol–water partition coefficient (Wildman–Crippen LogP) is 15.2. The number of carbonyl (C=O) groups is 1. The Kier molecular flexibility index (Phi) is 17.1. The summed E-state index contributed by atoms with van der Waals surface area (Å²) in [5.74, 6) is 0.333. The molecule has 0 aliphatic rings. The van der Waals surface area contributed by atoms with Gasteiger partial charge in [0.2, 0.25) is 0 Å². The SMILES string of the molecule is CC[P+](CC)(CC)CC(=O)c1ccccc1.FC(F)(F)c1cc([B-](c2cc(C(F)(F)F)cc(C(F)(F)F)c2)(c2cc(C(F)(F)F)cc(C(F)(F)F)c2)c2cc(C(F)(F)F)cc(C(F)(F)F)c2)cc(C(F)(F)F)c1. The average Bonchev–Trinajstić information content (AvgIpc) is 3.26. The van der Waals surface area contributed by atoms with E-state index in [1.54, 1.807) is 0 Å². The largest absolute Gasteiger partial charge is 0.416 e. The molecule has 5 rings (SSSR count). The summed E-state index contributed by atoms with van der Waals surface area (Å²) in [6.45, 7) is 6.71. The van der Waals surface area contributed by atoms with Gasteiger partial charge in [0.1, 0.15) is 12.3 Å². The summed E-state index contributed by atoms with van der Waals surface area (Å²) >= 11 is 0. The highest BCUT2D eigenvalue weighted by atomic mass is 31.2. The standard InChI is InChI=1S/C32H12BF24.C14H22OP/c34-25(35,36)13-1-14(26(37,38)39)6-21(5-13)33(22-7-15(27(40,41)42)2-16(8-22)28(43,44)45,23-9-17(29(46,47)48)3-18(10-23)30(49,50)51)24-11-19(31(52,53)54)4-20(12-24)32(55,56)57;1-4-16(5-2,6-3)12-14(15)13-10-8-7-9-11-13/h1-12H;7-11H,4-6,12H2,1-3H3/q-1;+1. The first-order valence-corrected chi connectivity index (χ1v) is 23.3. The van der Waals surface area contributed by atoms with Crippen LogP contribution >= 0.6 is 7.26 Å². The number of carbonyl (C=O) groups excluding carboxylic acids is 1. The van der Waals surface area contributed by atoms with E-state index in [0.717, 1.165) is 11.7 Å². The number of alkyl halides is 24. The van der Waals surface area contributed by atoms with E-state index in [9.17, 15) is 110 Å². The maximum absolute atomic E-state index is 14.2. The van der Waals surface area contributed by atoms with Crippen LogP contribution in [0.3, 0.4) is 0 Å². The van der Waals surface area contributed by atoms with Crippen LogP contribution in [0, 0.1) is 0 Å². The second-order valence-corrected chi connectivity index (χ2v) is 21.4. The molecule has 1 nitrogen and oxygen atoms in total. The lowest BCUT2D eigenvalue weighted by Crippen LogP contribution is -2.75. The van der Waals surface area contributed by atoms with Gasteiger partial charge in [-0.15, -0.1) is 0 Å². The number of benzene rings is 5. The molecule has 0 fully saturated rings. The molecule has 0 saturated heterocycles. The van der Waals surface area contributed by atoms with Gasteiger partial charge in [0, 0.05) is 12.8 Å². The smallest absolute Gasteiger partial charge is 0.290 e. The molecule has 0 radical (unpaired) electrons. The zero-order valence-corrected chi connectivity index (χ0v) is 38.0. The van der Waals surface area contributed by atoms with Crippen molar-refractivity contribution in [2.45, 2.75) is 70.2 Å². The van der Waals surface area contributed by atoms with Crippen LogP contribution in [0.1, 0.15) is 75.6 Å². The Labute approximate surface area is 398 Å². The maximum Gasteiger partial charge on any atom is 0.416 e. The number of hydrogen-bond acceptors (Lipinski definition) is 1. The molecular weight excluding hydrogens is 1070 g/mol. The minimum Gasteiger partial charge on any atom is -0.290 e. The van der Waals surface area contributed by atoms with Crippen LogP contribution in [-0.4, -0.2) is 36.6 Å². The van der Waals surface area contributed by atoms with Crippen LogP contribution in [0.25, 0.3) is 0 Å². The molecule has 0 aliphatic heterocycles. The third kappa shape index (κ3) is 14.1. The fourth-order valence-corrected chi connectivity index (χ4v) is 10.9. The Hall–Kier alpha value is -5.42. The first-order chi connectivity index (χ1) is 32.9. The molecule has 0 heterocycles. The second kappa shape index (κ2) is 20.7. The molecule has 0 spiro atoms. The van der Waals surface area contributed by atoms with Crippen molar-refractivity contribution in [2.75, 3.05) is 24.6 Å². The highest BCUT2D eigenvalue weighted by molar-refractivity contribution is 7.76. The van der Waals surface area contributed by atoms with Gasteiger partial charge in [0.25, 0.3) is 0 Å². The molecule has 5 aromatic carbocycles. The van der Waals surface area contributed by atoms with Crippen LogP contribution in [0.2, 0.25) is 0 Å². The quantitative estimate of drug-likeness (QED) is 0.0590. The van der Waals surface area contributed by atoms with Crippen molar-refractivity contribution in [3.05, 3.63) is 153 Å². The molecule has 73 heavy (non-hydrogen) atoms. The summed E-state index contributed by atoms with van der Waals surface area (Å²) in [5, 5.41) is 0. The second-order valence-electron chi connectivity index (χ2n) is 16.5. The summed E-state index contributed by atoms with van der Waals surface area (Å²) in [7, 11) is -1.01. The summed E-state index contributed by atoms with van der Waals surface area (Å²) in [4.78, 5) is 12.2. The zero-order valence-electron chi connectivity index (χ0n) is 37.1. The van der Waals surface area contributed by atoms with E-state index < -0.39 is 202 Å². The van der Waals surface area contributed by atoms with E-state index in [-0.39, 0.29) is 0 Å². The lowest BCUT2D eigenvalue weighted by molar-refractivity contribution is -0.144. The number of rotatable bonds is 10. The Morgan fingerprint density at radius 2 is 0.534 bits per heavy atom. The van der Waals surface area contributed by atoms with Gasteiger partial charge >= 0.3 is 49.4 Å². The van der Waals surface area contributed by atoms with E-state index in [4.69, 9.17) is 0 Å². The first kappa shape index (κ1) is 60.1. The molecule has 0 amide bonds. The molecule has 0 saturated carbocycles. The van der Waals surface area contributed by atoms with E-state index in [1.807, 2.05) is 30.3 Å². The fourth-order valence-electron chi connectivity index (χ4n) is 8.10. The molecule has 27 heteroatoms. The van der Waals surface area contributed by atoms with E-state index in [1.165, 1.54) is 18.5 Å². The molecule has 0 aliphatic carbocycles. The molecule has 0 unspecified atom stereocenters. The van der Waals surface area contributed by atoms with Gasteiger partial charge in [0.15, 0.2) is 5.78 Å². The van der Waals surface area contributed by atoms with Gasteiger partial charge < -0.3 is 0 Å². The van der Waals surface area contributed by atoms with Crippen molar-refractivity contribution in [3.63, 3.8) is 0 Å². The van der Waals surface area contributed by atoms with Crippen LogP contribution in [-0.2, 0) is 49.4 Å². The summed E-state index contributed by atoms with van der Waals surface area (Å²) in [5.41, 5.74) is -29.3. The lowest BCUT2D eigenvalue weighted by atomic mass is 9.12. The third-order valence-electron chi connectivity index (χ3n) is 12.0. The van der Waals surface area contributed by atoms with Gasteiger partial charge in [-0.1, -0.05) is 78.9 Å². The van der Waals surface area contributed by atoms with E-state index >= 15 is 0 Å². The van der Waals surface area contributed by atoms with Gasteiger partial charge in [-0.2, -0.15) is 127 Å². The van der Waals surface area contributed by atoms with Gasteiger partial charge in [-0.05, 0) is 45.0 Å². The van der Waals surface area contributed by atoms with Gasteiger partial charge in [-0.25, -0.2) is 0 Å². The van der Waals surface area contributed by atoms with E-state index in [0.29, 0.717) is 5.78 Å². The third-order valence-corrected chi connectivity index (χ3v) is 17.0. The highest BCUT2D eigenvalue weighted by Gasteiger charge is 2.47. The summed E-state index contributed by atoms with van der Waals surface area (Å²) in [6.07, 6.45) is -50.4. The molecule has 0 aromatic heterocycles. The molecule has 0 bridgehead atoms. The van der Waals surface area contributed by atoms with Crippen molar-refractivity contribution in [3.8, 4) is 0 Å². The van der Waals surface area contributed by atoms with Crippen LogP contribution in [0.15, 0.2) is 103 Å². The monoisotopic (exact) mass is 1100 g/mol. The van der Waals surface area contributed by atoms with Crippen LogP contribution < -0.4 is 21.9 Å². The molecule has 5 aromatic rings. The van der Waals surface area contributed by atoms with Gasteiger partial charge in [0.05, 0.1) is 63.0 Å². The highest BCUT2D eigenvalue weighted by Crippen LogP contribution is 2.58. The predicted molar refractivity (Wildman–Crippen MR) is 224 cm³/mol. The minimum absolute atomic E-state index is 0.333. The number of ketones is 1.